The van der Waals surface area contributed by atoms with E-state index in [0.717, 1.165) is 30.4 Å². The fraction of sp³-hybridized carbons (Fsp3) is 0.706. The Hall–Kier alpha value is -1.13. The molecule has 4 heteroatoms. The average molecular weight is 292 g/mol. The highest BCUT2D eigenvalue weighted by Crippen LogP contribution is 2.53. The van der Waals surface area contributed by atoms with Crippen molar-refractivity contribution in [3.8, 4) is 0 Å². The number of rotatable bonds is 4. The van der Waals surface area contributed by atoms with Crippen molar-refractivity contribution >= 4 is 5.97 Å². The molecule has 0 saturated heterocycles. The molecule has 0 spiro atoms. The summed E-state index contributed by atoms with van der Waals surface area (Å²) < 4.78 is 16.5. The Morgan fingerprint density at radius 2 is 1.95 bits per heavy atom. The molecule has 116 valence electrons. The molecule has 0 aliphatic heterocycles. The van der Waals surface area contributed by atoms with Crippen LogP contribution in [0.2, 0.25) is 0 Å². The lowest BCUT2D eigenvalue weighted by Gasteiger charge is -2.24. The number of ether oxygens (including phenoxy) is 3. The fourth-order valence-corrected chi connectivity index (χ4v) is 4.12. The largest absolute Gasteiger partial charge is 0.463 e. The molecule has 2 fully saturated rings. The van der Waals surface area contributed by atoms with Gasteiger partial charge in [-0.2, -0.15) is 0 Å². The van der Waals surface area contributed by atoms with Crippen LogP contribution in [0.5, 0.6) is 0 Å². The molecule has 4 nitrogen and oxygen atoms in total. The van der Waals surface area contributed by atoms with E-state index in [2.05, 4.69) is 0 Å². The second-order valence-corrected chi connectivity index (χ2v) is 6.15. The second-order valence-electron chi connectivity index (χ2n) is 6.15. The molecule has 1 unspecified atom stereocenters. The number of carbonyl (C=O) groups is 1. The summed E-state index contributed by atoms with van der Waals surface area (Å²) in [5, 5.41) is 0. The van der Waals surface area contributed by atoms with Gasteiger partial charge in [-0.15, -0.1) is 0 Å². The average Bonchev–Trinajstić information content (AvgIpc) is 3.10. The standard InChI is InChI=1S/C17H24O4/c1-4-21-16(18)13-8-11-6-5-7-12(11)14-9-17(19-2,20-3)10-15(13)14/h11H,4-10H2,1-3H3. The van der Waals surface area contributed by atoms with Gasteiger partial charge >= 0.3 is 5.97 Å². The van der Waals surface area contributed by atoms with E-state index in [1.54, 1.807) is 14.2 Å². The van der Waals surface area contributed by atoms with E-state index < -0.39 is 5.79 Å². The molecule has 1 atom stereocenters. The zero-order valence-electron chi connectivity index (χ0n) is 13.2. The molecule has 0 aromatic carbocycles. The van der Waals surface area contributed by atoms with Crippen LogP contribution < -0.4 is 0 Å². The van der Waals surface area contributed by atoms with Gasteiger partial charge in [-0.1, -0.05) is 5.57 Å². The third-order valence-electron chi connectivity index (χ3n) is 5.22. The lowest BCUT2D eigenvalue weighted by Crippen LogP contribution is -2.29. The van der Waals surface area contributed by atoms with E-state index in [1.807, 2.05) is 6.92 Å². The number of fused-ring (bicyclic) bond motifs is 2. The van der Waals surface area contributed by atoms with Gasteiger partial charge in [-0.05, 0) is 49.7 Å². The van der Waals surface area contributed by atoms with Crippen molar-refractivity contribution in [1.82, 2.24) is 0 Å². The minimum atomic E-state index is -0.604. The molecule has 0 N–H and O–H groups in total. The summed E-state index contributed by atoms with van der Waals surface area (Å²) in [5.74, 6) is -0.237. The Morgan fingerprint density at radius 1 is 1.24 bits per heavy atom. The Morgan fingerprint density at radius 3 is 2.62 bits per heavy atom. The number of methoxy groups -OCH3 is 2. The van der Waals surface area contributed by atoms with Crippen LogP contribution in [0.4, 0.5) is 0 Å². The third-order valence-corrected chi connectivity index (χ3v) is 5.22. The van der Waals surface area contributed by atoms with Crippen molar-refractivity contribution in [1.29, 1.82) is 0 Å². The SMILES string of the molecule is CCOC(=O)C1=C2CC(OC)(OC)CC2=C2CCCC2C1. The summed E-state index contributed by atoms with van der Waals surface area (Å²) in [6, 6.07) is 0. The number of esters is 1. The minimum absolute atomic E-state index is 0.154. The number of hydrogen-bond donors (Lipinski definition) is 0. The van der Waals surface area contributed by atoms with Crippen LogP contribution in [-0.4, -0.2) is 32.6 Å². The Bertz CT molecular complexity index is 511. The number of allylic oxidation sites excluding steroid dienone is 1. The third kappa shape index (κ3) is 2.34. The van der Waals surface area contributed by atoms with Crippen molar-refractivity contribution in [3.63, 3.8) is 0 Å². The van der Waals surface area contributed by atoms with Crippen molar-refractivity contribution < 1.29 is 19.0 Å². The molecule has 21 heavy (non-hydrogen) atoms. The van der Waals surface area contributed by atoms with Crippen LogP contribution in [0.1, 0.15) is 45.4 Å². The van der Waals surface area contributed by atoms with Gasteiger partial charge in [-0.3, -0.25) is 0 Å². The molecule has 0 bridgehead atoms. The van der Waals surface area contributed by atoms with Crippen LogP contribution in [-0.2, 0) is 19.0 Å². The van der Waals surface area contributed by atoms with Crippen LogP contribution >= 0.6 is 0 Å². The summed E-state index contributed by atoms with van der Waals surface area (Å²) in [6.07, 6.45) is 5.80. The van der Waals surface area contributed by atoms with Gasteiger partial charge in [0.05, 0.1) is 6.61 Å². The van der Waals surface area contributed by atoms with Crippen LogP contribution in [0.25, 0.3) is 0 Å². The lowest BCUT2D eigenvalue weighted by atomic mass is 9.81. The van der Waals surface area contributed by atoms with Crippen LogP contribution in [0, 0.1) is 5.92 Å². The zero-order valence-corrected chi connectivity index (χ0v) is 13.2. The van der Waals surface area contributed by atoms with Crippen LogP contribution in [0.15, 0.2) is 22.3 Å². The molecule has 3 aliphatic rings. The molecule has 3 aliphatic carbocycles. The molecule has 0 radical (unpaired) electrons. The van der Waals surface area contributed by atoms with Crippen LogP contribution in [0.3, 0.4) is 0 Å². The first kappa shape index (κ1) is 14.8. The molecule has 2 saturated carbocycles. The summed E-state index contributed by atoms with van der Waals surface area (Å²) in [4.78, 5) is 12.3. The molecule has 0 aromatic heterocycles. The number of hydrogen-bond acceptors (Lipinski definition) is 4. The van der Waals surface area contributed by atoms with Crippen molar-refractivity contribution in [2.24, 2.45) is 5.92 Å². The first-order chi connectivity index (χ1) is 10.1. The second kappa shape index (κ2) is 5.58. The Balaban J connectivity index is 2.04. The van der Waals surface area contributed by atoms with Crippen molar-refractivity contribution in [2.45, 2.75) is 51.2 Å². The first-order valence-corrected chi connectivity index (χ1v) is 7.86. The highest BCUT2D eigenvalue weighted by Gasteiger charge is 2.46. The van der Waals surface area contributed by atoms with Gasteiger partial charge in [0.15, 0.2) is 5.79 Å². The highest BCUT2D eigenvalue weighted by molar-refractivity contribution is 5.91. The molecule has 3 rings (SSSR count). The highest BCUT2D eigenvalue weighted by atomic mass is 16.7. The lowest BCUT2D eigenvalue weighted by molar-refractivity contribution is -0.196. The summed E-state index contributed by atoms with van der Waals surface area (Å²) in [5.41, 5.74) is 4.84. The normalized spacial score (nSPS) is 26.9. The van der Waals surface area contributed by atoms with E-state index in [-0.39, 0.29) is 5.97 Å². The van der Waals surface area contributed by atoms with E-state index in [0.29, 0.717) is 18.9 Å². The molecular formula is C17H24O4. The molecule has 0 amide bonds. The smallest absolute Gasteiger partial charge is 0.334 e. The van der Waals surface area contributed by atoms with Gasteiger partial charge in [0.25, 0.3) is 0 Å². The van der Waals surface area contributed by atoms with Gasteiger partial charge in [0.1, 0.15) is 0 Å². The minimum Gasteiger partial charge on any atom is -0.463 e. The van der Waals surface area contributed by atoms with E-state index in [4.69, 9.17) is 14.2 Å². The topological polar surface area (TPSA) is 44.8 Å². The molecule has 0 heterocycles. The van der Waals surface area contributed by atoms with Gasteiger partial charge in [-0.25, -0.2) is 4.79 Å². The van der Waals surface area contributed by atoms with E-state index in [9.17, 15) is 4.79 Å². The van der Waals surface area contributed by atoms with E-state index >= 15 is 0 Å². The summed E-state index contributed by atoms with van der Waals surface area (Å²) >= 11 is 0. The van der Waals surface area contributed by atoms with Gasteiger partial charge in [0, 0.05) is 32.6 Å². The predicted molar refractivity (Wildman–Crippen MR) is 78.6 cm³/mol. The zero-order chi connectivity index (χ0) is 15.0. The monoisotopic (exact) mass is 292 g/mol. The number of carbonyl (C=O) groups excluding carboxylic acids is 1. The van der Waals surface area contributed by atoms with Crippen molar-refractivity contribution in [2.75, 3.05) is 20.8 Å². The molecular weight excluding hydrogens is 268 g/mol. The predicted octanol–water partition coefficient (Wildman–Crippen LogP) is 3.13. The quantitative estimate of drug-likeness (QED) is 0.590. The summed E-state index contributed by atoms with van der Waals surface area (Å²) in [7, 11) is 3.37. The maximum absolute atomic E-state index is 12.3. The van der Waals surface area contributed by atoms with E-state index in [1.165, 1.54) is 24.0 Å². The fourth-order valence-electron chi connectivity index (χ4n) is 4.12. The van der Waals surface area contributed by atoms with Gasteiger partial charge in [0.2, 0.25) is 0 Å². The maximum atomic E-state index is 12.3. The molecule has 0 aromatic rings. The Kier molecular flexibility index (Phi) is 3.93. The first-order valence-electron chi connectivity index (χ1n) is 7.86. The Labute approximate surface area is 126 Å². The summed E-state index contributed by atoms with van der Waals surface area (Å²) in [6.45, 7) is 2.28. The van der Waals surface area contributed by atoms with Crippen molar-refractivity contribution in [3.05, 3.63) is 22.3 Å². The maximum Gasteiger partial charge on any atom is 0.334 e. The van der Waals surface area contributed by atoms with Gasteiger partial charge < -0.3 is 14.2 Å².